The summed E-state index contributed by atoms with van der Waals surface area (Å²) >= 11 is 0. The molecule has 0 saturated carbocycles. The lowest BCUT2D eigenvalue weighted by molar-refractivity contribution is -0.122. The van der Waals surface area contributed by atoms with Crippen molar-refractivity contribution >= 4 is 23.4 Å². The molecule has 0 aromatic heterocycles. The fourth-order valence-corrected chi connectivity index (χ4v) is 6.83. The van der Waals surface area contributed by atoms with E-state index in [0.29, 0.717) is 17.8 Å². The lowest BCUT2D eigenvalue weighted by Gasteiger charge is -2.45. The number of anilines is 1. The van der Waals surface area contributed by atoms with Gasteiger partial charge in [0.1, 0.15) is 0 Å². The highest BCUT2D eigenvalue weighted by molar-refractivity contribution is 6.23. The van der Waals surface area contributed by atoms with Gasteiger partial charge in [0.2, 0.25) is 11.8 Å². The molecule has 2 bridgehead atoms. The number of amides is 3. The van der Waals surface area contributed by atoms with Crippen LogP contribution in [-0.2, 0) is 14.3 Å². The smallest absolute Gasteiger partial charge is 0.251 e. The van der Waals surface area contributed by atoms with Crippen molar-refractivity contribution in [3.8, 4) is 0 Å². The second kappa shape index (κ2) is 8.14. The Labute approximate surface area is 209 Å². The van der Waals surface area contributed by atoms with Gasteiger partial charge in [-0.15, -0.1) is 0 Å². The Bertz CT molecular complexity index is 1290. The van der Waals surface area contributed by atoms with Gasteiger partial charge in [-0.25, -0.2) is 4.90 Å². The highest BCUT2D eigenvalue weighted by Crippen LogP contribution is 2.61. The van der Waals surface area contributed by atoms with Crippen LogP contribution in [0.1, 0.15) is 57.3 Å². The molecule has 2 fully saturated rings. The summed E-state index contributed by atoms with van der Waals surface area (Å²) in [6.07, 6.45) is 1.99. The molecule has 3 aliphatic carbocycles. The lowest BCUT2D eigenvalue weighted by Crippen LogP contribution is -2.41. The van der Waals surface area contributed by atoms with Crippen molar-refractivity contribution in [2.45, 2.75) is 30.8 Å². The SMILES string of the molecule is O=C(NC[C@@H]1CCCO1)c1cccc(N2C(=O)[C@H]3C4c5ccccc5C(c5ccccc54)[C@@H]3C2=O)c1. The molecule has 3 amide bonds. The van der Waals surface area contributed by atoms with Crippen LogP contribution in [0.2, 0.25) is 0 Å². The van der Waals surface area contributed by atoms with Gasteiger partial charge < -0.3 is 10.1 Å². The molecule has 6 nitrogen and oxygen atoms in total. The molecule has 3 aromatic carbocycles. The minimum atomic E-state index is -0.440. The highest BCUT2D eigenvalue weighted by atomic mass is 16.5. The number of imide groups is 1. The molecule has 36 heavy (non-hydrogen) atoms. The number of carbonyl (C=O) groups is 3. The lowest BCUT2D eigenvalue weighted by atomic mass is 9.55. The monoisotopic (exact) mass is 478 g/mol. The third kappa shape index (κ3) is 3.04. The van der Waals surface area contributed by atoms with E-state index in [1.807, 2.05) is 24.3 Å². The topological polar surface area (TPSA) is 75.7 Å². The summed E-state index contributed by atoms with van der Waals surface area (Å²) in [5, 5.41) is 2.93. The first kappa shape index (κ1) is 21.5. The molecule has 0 spiro atoms. The third-order valence-electron chi connectivity index (χ3n) is 8.33. The first-order valence-corrected chi connectivity index (χ1v) is 12.7. The van der Waals surface area contributed by atoms with E-state index >= 15 is 0 Å². The van der Waals surface area contributed by atoms with Gasteiger partial charge in [-0.2, -0.15) is 0 Å². The van der Waals surface area contributed by atoms with Gasteiger partial charge in [0, 0.05) is 30.6 Å². The standard InChI is InChI=1S/C30H26N2O4/c33-28(31-16-19-9-6-14-36-19)17-7-5-8-18(15-17)32-29(34)26-24-20-10-1-2-11-21(20)25(27(26)30(32)35)23-13-4-3-12-22(23)24/h1-5,7-8,10-13,15,19,24-27H,6,9,14,16H2,(H,31,33)/t19-,24?,25?,26-,27-/m0/s1. The van der Waals surface area contributed by atoms with Crippen LogP contribution in [0.3, 0.4) is 0 Å². The number of ether oxygens (including phenoxy) is 1. The van der Waals surface area contributed by atoms with Crippen LogP contribution in [0.15, 0.2) is 72.8 Å². The van der Waals surface area contributed by atoms with Gasteiger partial charge in [-0.3, -0.25) is 14.4 Å². The average molecular weight is 479 g/mol. The van der Waals surface area contributed by atoms with E-state index < -0.39 is 11.8 Å². The van der Waals surface area contributed by atoms with Crippen LogP contribution >= 0.6 is 0 Å². The quantitative estimate of drug-likeness (QED) is 0.576. The molecular weight excluding hydrogens is 452 g/mol. The maximum atomic E-state index is 13.9. The second-order valence-corrected chi connectivity index (χ2v) is 10.2. The summed E-state index contributed by atoms with van der Waals surface area (Å²) in [6, 6.07) is 23.3. The Hall–Kier alpha value is -3.77. The average Bonchev–Trinajstić information content (AvgIpc) is 3.54. The number of rotatable bonds is 4. The maximum Gasteiger partial charge on any atom is 0.251 e. The summed E-state index contributed by atoms with van der Waals surface area (Å²) in [4.78, 5) is 42.0. The molecule has 180 valence electrons. The van der Waals surface area contributed by atoms with E-state index in [2.05, 4.69) is 29.6 Å². The Morgan fingerprint density at radius 1 is 0.833 bits per heavy atom. The van der Waals surface area contributed by atoms with Crippen molar-refractivity contribution in [1.82, 2.24) is 5.32 Å². The molecule has 2 heterocycles. The second-order valence-electron chi connectivity index (χ2n) is 10.2. The largest absolute Gasteiger partial charge is 0.376 e. The Kier molecular flexibility index (Phi) is 4.86. The summed E-state index contributed by atoms with van der Waals surface area (Å²) < 4.78 is 5.59. The summed E-state index contributed by atoms with van der Waals surface area (Å²) in [7, 11) is 0. The zero-order chi connectivity index (χ0) is 24.4. The van der Waals surface area contributed by atoms with Gasteiger partial charge >= 0.3 is 0 Å². The van der Waals surface area contributed by atoms with Gasteiger partial charge in [0.15, 0.2) is 0 Å². The molecule has 0 unspecified atom stereocenters. The van der Waals surface area contributed by atoms with Crippen molar-refractivity contribution in [1.29, 1.82) is 0 Å². The number of nitrogens with one attached hydrogen (secondary N) is 1. The molecule has 3 atom stereocenters. The van der Waals surface area contributed by atoms with Crippen LogP contribution in [-0.4, -0.2) is 37.0 Å². The van der Waals surface area contributed by atoms with Crippen molar-refractivity contribution in [3.63, 3.8) is 0 Å². The van der Waals surface area contributed by atoms with E-state index in [-0.39, 0.29) is 35.7 Å². The molecule has 2 saturated heterocycles. The Balaban J connectivity index is 1.23. The Morgan fingerprint density at radius 2 is 1.42 bits per heavy atom. The fourth-order valence-electron chi connectivity index (χ4n) is 6.83. The predicted molar refractivity (Wildman–Crippen MR) is 134 cm³/mol. The molecule has 1 N–H and O–H groups in total. The van der Waals surface area contributed by atoms with Crippen molar-refractivity contribution in [3.05, 3.63) is 101 Å². The van der Waals surface area contributed by atoms with Crippen LogP contribution in [0, 0.1) is 11.8 Å². The molecule has 6 heteroatoms. The molecule has 2 aliphatic heterocycles. The van der Waals surface area contributed by atoms with Gasteiger partial charge in [-0.1, -0.05) is 54.6 Å². The number of nitrogens with zero attached hydrogens (tertiary/aromatic N) is 1. The molecule has 8 rings (SSSR count). The summed E-state index contributed by atoms with van der Waals surface area (Å²) in [6.45, 7) is 1.18. The molecule has 5 aliphatic rings. The van der Waals surface area contributed by atoms with E-state index in [1.165, 1.54) is 4.90 Å². The number of hydrogen-bond acceptors (Lipinski definition) is 4. The predicted octanol–water partition coefficient (Wildman–Crippen LogP) is 3.99. The molecule has 0 radical (unpaired) electrons. The number of hydrogen-bond donors (Lipinski definition) is 1. The van der Waals surface area contributed by atoms with E-state index in [9.17, 15) is 14.4 Å². The fraction of sp³-hybridized carbons (Fsp3) is 0.300. The van der Waals surface area contributed by atoms with Gasteiger partial charge in [0.25, 0.3) is 5.91 Å². The minimum absolute atomic E-state index is 0.0423. The normalized spacial score (nSPS) is 27.6. The molecular formula is C30H26N2O4. The number of carbonyl (C=O) groups excluding carboxylic acids is 3. The number of benzene rings is 3. The van der Waals surface area contributed by atoms with Crippen molar-refractivity contribution in [2.24, 2.45) is 11.8 Å². The zero-order valence-electron chi connectivity index (χ0n) is 19.7. The van der Waals surface area contributed by atoms with Crippen LogP contribution < -0.4 is 10.2 Å². The Morgan fingerprint density at radius 3 is 1.94 bits per heavy atom. The highest BCUT2D eigenvalue weighted by Gasteiger charge is 2.61. The summed E-state index contributed by atoms with van der Waals surface area (Å²) in [5.74, 6) is -1.77. The van der Waals surface area contributed by atoms with Gasteiger partial charge in [0.05, 0.1) is 23.6 Å². The minimum Gasteiger partial charge on any atom is -0.376 e. The van der Waals surface area contributed by atoms with E-state index in [4.69, 9.17) is 4.74 Å². The molecule has 3 aromatic rings. The maximum absolute atomic E-state index is 13.9. The van der Waals surface area contributed by atoms with Crippen molar-refractivity contribution < 1.29 is 19.1 Å². The third-order valence-corrected chi connectivity index (χ3v) is 8.33. The zero-order valence-corrected chi connectivity index (χ0v) is 19.7. The van der Waals surface area contributed by atoms with Crippen molar-refractivity contribution in [2.75, 3.05) is 18.1 Å². The van der Waals surface area contributed by atoms with Crippen LogP contribution in [0.5, 0.6) is 0 Å². The summed E-state index contributed by atoms with van der Waals surface area (Å²) in [5.41, 5.74) is 5.47. The van der Waals surface area contributed by atoms with Crippen LogP contribution in [0.25, 0.3) is 0 Å². The van der Waals surface area contributed by atoms with E-state index in [0.717, 1.165) is 41.7 Å². The first-order valence-electron chi connectivity index (χ1n) is 12.7. The van der Waals surface area contributed by atoms with Gasteiger partial charge in [-0.05, 0) is 53.3 Å². The van der Waals surface area contributed by atoms with E-state index in [1.54, 1.807) is 24.3 Å². The van der Waals surface area contributed by atoms with Crippen LogP contribution in [0.4, 0.5) is 5.69 Å². The first-order chi connectivity index (χ1) is 17.6.